The smallest absolute Gasteiger partial charge is 0.321 e. The average Bonchev–Trinajstić information content (AvgIpc) is 2.59. The first-order valence-electron chi connectivity index (χ1n) is 9.08. The minimum atomic E-state index is -0.418. The van der Waals surface area contributed by atoms with Gasteiger partial charge in [-0.05, 0) is 30.0 Å². The Morgan fingerprint density at radius 2 is 1.81 bits per heavy atom. The summed E-state index contributed by atoms with van der Waals surface area (Å²) in [6, 6.07) is 3.57. The summed E-state index contributed by atoms with van der Waals surface area (Å²) < 4.78 is 10.7. The second-order valence-corrected chi connectivity index (χ2v) is 7.07. The Labute approximate surface area is 155 Å². The van der Waals surface area contributed by atoms with Crippen molar-refractivity contribution in [3.63, 3.8) is 0 Å². The molecular formula is C19H30N3O4+. The molecule has 7 heteroatoms. The first-order valence-corrected chi connectivity index (χ1v) is 9.08. The summed E-state index contributed by atoms with van der Waals surface area (Å²) in [4.78, 5) is 25.0. The number of urea groups is 1. The Kier molecular flexibility index (Phi) is 7.26. The summed E-state index contributed by atoms with van der Waals surface area (Å²) >= 11 is 0. The maximum Gasteiger partial charge on any atom is 0.321 e. The Morgan fingerprint density at radius 3 is 2.42 bits per heavy atom. The van der Waals surface area contributed by atoms with E-state index < -0.39 is 6.03 Å². The van der Waals surface area contributed by atoms with Crippen LogP contribution in [0.3, 0.4) is 0 Å². The minimum absolute atomic E-state index is 0.258. The molecule has 0 aromatic heterocycles. The van der Waals surface area contributed by atoms with Crippen molar-refractivity contribution < 1.29 is 24.0 Å². The van der Waals surface area contributed by atoms with E-state index in [1.807, 2.05) is 12.1 Å². The predicted octanol–water partition coefficient (Wildman–Crippen LogP) is 0.517. The van der Waals surface area contributed by atoms with Crippen LogP contribution in [0.1, 0.15) is 31.4 Å². The third-order valence-corrected chi connectivity index (χ3v) is 4.56. The van der Waals surface area contributed by atoms with Gasteiger partial charge in [0.1, 0.15) is 6.54 Å². The highest BCUT2D eigenvalue weighted by Crippen LogP contribution is 2.31. The lowest BCUT2D eigenvalue weighted by Gasteiger charge is -2.26. The Balaban J connectivity index is 1.86. The van der Waals surface area contributed by atoms with Gasteiger partial charge in [0.2, 0.25) is 0 Å². The molecular weight excluding hydrogens is 334 g/mol. The van der Waals surface area contributed by atoms with Crippen LogP contribution in [0.25, 0.3) is 0 Å². The van der Waals surface area contributed by atoms with E-state index in [9.17, 15) is 9.59 Å². The van der Waals surface area contributed by atoms with Crippen LogP contribution in [-0.4, -0.2) is 45.8 Å². The largest absolute Gasteiger partial charge is 0.493 e. The van der Waals surface area contributed by atoms with Crippen LogP contribution in [-0.2, 0) is 17.8 Å². The highest BCUT2D eigenvalue weighted by molar-refractivity contribution is 5.94. The van der Waals surface area contributed by atoms with Gasteiger partial charge in [0.05, 0.1) is 20.8 Å². The summed E-state index contributed by atoms with van der Waals surface area (Å²) in [5, 5.41) is 5.13. The molecule has 1 aliphatic heterocycles. The van der Waals surface area contributed by atoms with Crippen LogP contribution >= 0.6 is 0 Å². The fraction of sp³-hybridized carbons (Fsp3) is 0.579. The van der Waals surface area contributed by atoms with Crippen LogP contribution < -0.4 is 25.0 Å². The van der Waals surface area contributed by atoms with Gasteiger partial charge in [-0.3, -0.25) is 10.1 Å². The van der Waals surface area contributed by atoms with Crippen LogP contribution in [0, 0.1) is 5.92 Å². The first-order chi connectivity index (χ1) is 12.4. The summed E-state index contributed by atoms with van der Waals surface area (Å²) in [5.41, 5.74) is 2.37. The topological polar surface area (TPSA) is 81.1 Å². The Hall–Kier alpha value is -2.28. The van der Waals surface area contributed by atoms with Gasteiger partial charge in [0.25, 0.3) is 5.91 Å². The molecule has 0 fully saturated rings. The van der Waals surface area contributed by atoms with Gasteiger partial charge in [0, 0.05) is 18.5 Å². The van der Waals surface area contributed by atoms with Crippen molar-refractivity contribution in [3.8, 4) is 11.5 Å². The van der Waals surface area contributed by atoms with Crippen molar-refractivity contribution in [3.05, 3.63) is 23.3 Å². The Morgan fingerprint density at radius 1 is 1.15 bits per heavy atom. The van der Waals surface area contributed by atoms with Gasteiger partial charge >= 0.3 is 6.03 Å². The number of hydrogen-bond acceptors (Lipinski definition) is 4. The number of hydrogen-bond donors (Lipinski definition) is 3. The molecule has 0 spiro atoms. The molecule has 0 saturated carbocycles. The molecule has 7 nitrogen and oxygen atoms in total. The third kappa shape index (κ3) is 5.62. The van der Waals surface area contributed by atoms with E-state index in [1.54, 1.807) is 14.2 Å². The van der Waals surface area contributed by atoms with Gasteiger partial charge in [-0.2, -0.15) is 0 Å². The van der Waals surface area contributed by atoms with Gasteiger partial charge in [-0.1, -0.05) is 13.8 Å². The summed E-state index contributed by atoms with van der Waals surface area (Å²) in [5.74, 6) is 1.68. The number of carbonyl (C=O) groups excluding carboxylic acids is 2. The summed E-state index contributed by atoms with van der Waals surface area (Å²) in [6.07, 6.45) is 1.75. The zero-order chi connectivity index (χ0) is 19.1. The SMILES string of the molecule is COc1cc2c(cc1OC)C[NH+](CC(=O)NC(=O)NCCC(C)C)CC2. The van der Waals surface area contributed by atoms with Crippen LogP contribution in [0.5, 0.6) is 11.5 Å². The third-order valence-electron chi connectivity index (χ3n) is 4.56. The second kappa shape index (κ2) is 9.43. The number of ether oxygens (including phenoxy) is 2. The van der Waals surface area contributed by atoms with Crippen molar-refractivity contribution >= 4 is 11.9 Å². The molecule has 0 saturated heterocycles. The maximum atomic E-state index is 12.1. The van der Waals surface area contributed by atoms with Crippen molar-refractivity contribution in [2.45, 2.75) is 33.2 Å². The van der Waals surface area contributed by atoms with Crippen LogP contribution in [0.4, 0.5) is 4.79 Å². The molecule has 0 bridgehead atoms. The summed E-state index contributed by atoms with van der Waals surface area (Å²) in [6.45, 7) is 6.58. The molecule has 1 aromatic rings. The van der Waals surface area contributed by atoms with Gasteiger partial charge < -0.3 is 19.7 Å². The minimum Gasteiger partial charge on any atom is -0.493 e. The highest BCUT2D eigenvalue weighted by atomic mass is 16.5. The number of nitrogens with one attached hydrogen (secondary N) is 3. The second-order valence-electron chi connectivity index (χ2n) is 7.07. The van der Waals surface area contributed by atoms with Gasteiger partial charge in [0.15, 0.2) is 18.0 Å². The quantitative estimate of drug-likeness (QED) is 0.659. The number of quaternary nitrogens is 1. The maximum absolute atomic E-state index is 12.1. The monoisotopic (exact) mass is 364 g/mol. The molecule has 3 amide bonds. The molecule has 1 aromatic carbocycles. The average molecular weight is 364 g/mol. The van der Waals surface area contributed by atoms with E-state index >= 15 is 0 Å². The van der Waals surface area contributed by atoms with E-state index in [0.717, 1.165) is 42.1 Å². The molecule has 1 heterocycles. The van der Waals surface area contributed by atoms with Gasteiger partial charge in [-0.25, -0.2) is 4.79 Å². The van der Waals surface area contributed by atoms with E-state index in [1.165, 1.54) is 5.56 Å². The molecule has 144 valence electrons. The lowest BCUT2D eigenvalue weighted by atomic mass is 9.99. The number of benzene rings is 1. The molecule has 1 unspecified atom stereocenters. The molecule has 2 rings (SSSR count). The summed E-state index contributed by atoms with van der Waals surface area (Å²) in [7, 11) is 3.24. The predicted molar refractivity (Wildman–Crippen MR) is 98.6 cm³/mol. The lowest BCUT2D eigenvalue weighted by Crippen LogP contribution is -3.13. The number of carbonyl (C=O) groups is 2. The van der Waals surface area contributed by atoms with Crippen LogP contribution in [0.15, 0.2) is 12.1 Å². The molecule has 0 aliphatic carbocycles. The van der Waals surface area contributed by atoms with Crippen molar-refractivity contribution in [2.24, 2.45) is 5.92 Å². The highest BCUT2D eigenvalue weighted by Gasteiger charge is 2.24. The van der Waals surface area contributed by atoms with Crippen LogP contribution in [0.2, 0.25) is 0 Å². The molecule has 26 heavy (non-hydrogen) atoms. The first kappa shape index (κ1) is 20.0. The molecule has 0 radical (unpaired) electrons. The fourth-order valence-electron chi connectivity index (χ4n) is 3.10. The standard InChI is InChI=1S/C19H29N3O4/c1-13(2)5-7-20-19(24)21-18(23)12-22-8-6-14-9-16(25-3)17(26-4)10-15(14)11-22/h9-10,13H,5-8,11-12H2,1-4H3,(H2,20,21,23,24)/p+1. The Bertz CT molecular complexity index is 646. The van der Waals surface area contributed by atoms with E-state index in [0.29, 0.717) is 18.2 Å². The van der Waals surface area contributed by atoms with Crippen molar-refractivity contribution in [1.29, 1.82) is 0 Å². The van der Waals surface area contributed by atoms with E-state index in [2.05, 4.69) is 24.5 Å². The zero-order valence-electron chi connectivity index (χ0n) is 16.1. The number of rotatable bonds is 7. The molecule has 1 aliphatic rings. The number of methoxy groups -OCH3 is 2. The van der Waals surface area contributed by atoms with E-state index in [4.69, 9.17) is 9.47 Å². The number of amides is 3. The van der Waals surface area contributed by atoms with Gasteiger partial charge in [-0.15, -0.1) is 0 Å². The van der Waals surface area contributed by atoms with E-state index in [-0.39, 0.29) is 12.5 Å². The fourth-order valence-corrected chi connectivity index (χ4v) is 3.10. The van der Waals surface area contributed by atoms with Crippen molar-refractivity contribution in [1.82, 2.24) is 10.6 Å². The molecule has 1 atom stereocenters. The number of fused-ring (bicyclic) bond motifs is 1. The van der Waals surface area contributed by atoms with Crippen molar-refractivity contribution in [2.75, 3.05) is 33.9 Å². The number of imide groups is 1. The zero-order valence-corrected chi connectivity index (χ0v) is 16.1. The normalized spacial score (nSPS) is 16.0. The lowest BCUT2D eigenvalue weighted by molar-refractivity contribution is -0.908. The molecule has 3 N–H and O–H groups in total.